The fourth-order valence-electron chi connectivity index (χ4n) is 7.48. The molecule has 5 heterocycles. The molecular formula is C34H35F4N5O3. The molecule has 4 fully saturated rings. The Hall–Kier alpha value is -3.77. The number of phenols is 1. The van der Waals surface area contributed by atoms with Gasteiger partial charge < -0.3 is 19.5 Å². The summed E-state index contributed by atoms with van der Waals surface area (Å²) in [5.41, 5.74) is 0.0522. The van der Waals surface area contributed by atoms with Crippen LogP contribution in [0.15, 0.2) is 30.5 Å². The Morgan fingerprint density at radius 3 is 2.54 bits per heavy atom. The van der Waals surface area contributed by atoms with Crippen LogP contribution in [0, 0.1) is 17.0 Å². The number of pyridine rings is 1. The lowest BCUT2D eigenvalue weighted by Crippen LogP contribution is -2.57. The standard InChI is InChI=1S/C34H35F4N5O3/c1-2-22-25(35)5-4-20-12-21(44)13-23(26(20)22)28-27(36)29-24(14-39-28)30(43-10-3-6-33(16-43)9-11-46-33)41-31(40-29)45-19-32(7-8-32)15-42-17-34(37,38)18-42/h4-5,12-14,44H,2-3,6-11,15-19H2,1H3/t33-/m0/s1. The summed E-state index contributed by atoms with van der Waals surface area (Å²) in [6.45, 7) is 4.02. The van der Waals surface area contributed by atoms with Crippen molar-refractivity contribution in [3.05, 3.63) is 47.7 Å². The molecule has 242 valence electrons. The molecule has 12 heteroatoms. The number of alkyl halides is 2. The molecule has 3 aliphatic heterocycles. The van der Waals surface area contributed by atoms with Crippen molar-refractivity contribution in [3.63, 3.8) is 0 Å². The van der Waals surface area contributed by atoms with Crippen LogP contribution in [0.2, 0.25) is 0 Å². The quantitative estimate of drug-likeness (QED) is 0.227. The molecule has 46 heavy (non-hydrogen) atoms. The molecule has 8 nitrogen and oxygen atoms in total. The van der Waals surface area contributed by atoms with Crippen molar-refractivity contribution < 1.29 is 32.1 Å². The van der Waals surface area contributed by atoms with Gasteiger partial charge in [0, 0.05) is 43.2 Å². The molecule has 0 amide bonds. The number of benzene rings is 2. The van der Waals surface area contributed by atoms with Gasteiger partial charge in [0.15, 0.2) is 5.82 Å². The number of aromatic nitrogens is 3. The molecule has 1 saturated carbocycles. The van der Waals surface area contributed by atoms with E-state index in [1.54, 1.807) is 11.0 Å². The third kappa shape index (κ3) is 5.10. The van der Waals surface area contributed by atoms with Crippen molar-refractivity contribution in [1.29, 1.82) is 0 Å². The highest BCUT2D eigenvalue weighted by molar-refractivity contribution is 6.01. The Kier molecular flexibility index (Phi) is 6.84. The van der Waals surface area contributed by atoms with Gasteiger partial charge in [0.2, 0.25) is 0 Å². The van der Waals surface area contributed by atoms with Gasteiger partial charge in [-0.25, -0.2) is 17.6 Å². The van der Waals surface area contributed by atoms with E-state index < -0.39 is 17.6 Å². The predicted octanol–water partition coefficient (Wildman–Crippen LogP) is 6.26. The molecule has 4 aromatic rings. The van der Waals surface area contributed by atoms with E-state index >= 15 is 4.39 Å². The van der Waals surface area contributed by atoms with Crippen molar-refractivity contribution in [1.82, 2.24) is 19.9 Å². The zero-order chi connectivity index (χ0) is 31.8. The van der Waals surface area contributed by atoms with Crippen LogP contribution in [0.1, 0.15) is 44.6 Å². The summed E-state index contributed by atoms with van der Waals surface area (Å²) < 4.78 is 70.8. The van der Waals surface area contributed by atoms with Gasteiger partial charge in [-0.15, -0.1) is 0 Å². The Morgan fingerprint density at radius 1 is 1.04 bits per heavy atom. The Bertz CT molecular complexity index is 1850. The molecule has 1 atom stereocenters. The third-order valence-corrected chi connectivity index (χ3v) is 10.1. The second-order valence-electron chi connectivity index (χ2n) is 13.6. The van der Waals surface area contributed by atoms with Gasteiger partial charge in [-0.1, -0.05) is 13.0 Å². The van der Waals surface area contributed by atoms with Crippen molar-refractivity contribution in [2.24, 2.45) is 5.41 Å². The fraction of sp³-hybridized carbons (Fsp3) is 0.500. The van der Waals surface area contributed by atoms with E-state index in [2.05, 4.69) is 14.9 Å². The lowest BCUT2D eigenvalue weighted by atomic mass is 9.86. The number of hydrogen-bond acceptors (Lipinski definition) is 8. The van der Waals surface area contributed by atoms with Crippen molar-refractivity contribution in [2.75, 3.05) is 50.8 Å². The lowest BCUT2D eigenvalue weighted by molar-refractivity contribution is -0.151. The second kappa shape index (κ2) is 10.6. The first kappa shape index (κ1) is 29.6. The van der Waals surface area contributed by atoms with Gasteiger partial charge in [0.25, 0.3) is 5.92 Å². The lowest BCUT2D eigenvalue weighted by Gasteiger charge is -2.48. The number of aromatic hydroxyl groups is 1. The maximum atomic E-state index is 16.8. The number of likely N-dealkylation sites (tertiary alicyclic amines) is 1. The molecular weight excluding hydrogens is 602 g/mol. The van der Waals surface area contributed by atoms with E-state index in [9.17, 15) is 18.3 Å². The van der Waals surface area contributed by atoms with Crippen LogP contribution in [0.3, 0.4) is 0 Å². The summed E-state index contributed by atoms with van der Waals surface area (Å²) in [6.07, 6.45) is 6.31. The molecule has 4 aliphatic rings. The molecule has 0 bridgehead atoms. The van der Waals surface area contributed by atoms with Crippen LogP contribution >= 0.6 is 0 Å². The van der Waals surface area contributed by atoms with Crippen molar-refractivity contribution in [3.8, 4) is 23.0 Å². The van der Waals surface area contributed by atoms with Gasteiger partial charge >= 0.3 is 6.01 Å². The molecule has 1 N–H and O–H groups in total. The number of nitrogens with zero attached hydrogens (tertiary/aromatic N) is 5. The van der Waals surface area contributed by atoms with E-state index in [1.807, 2.05) is 6.92 Å². The van der Waals surface area contributed by atoms with Crippen LogP contribution in [-0.2, 0) is 11.2 Å². The van der Waals surface area contributed by atoms with E-state index in [1.165, 1.54) is 24.4 Å². The summed E-state index contributed by atoms with van der Waals surface area (Å²) >= 11 is 0. The molecule has 3 saturated heterocycles. The zero-order valence-corrected chi connectivity index (χ0v) is 25.6. The van der Waals surface area contributed by atoms with Gasteiger partial charge in [-0.05, 0) is 66.6 Å². The molecule has 1 spiro atoms. The summed E-state index contributed by atoms with van der Waals surface area (Å²) in [4.78, 5) is 17.6. The minimum absolute atomic E-state index is 0.00247. The van der Waals surface area contributed by atoms with Gasteiger partial charge in [0.05, 0.1) is 37.3 Å². The zero-order valence-electron chi connectivity index (χ0n) is 25.6. The highest BCUT2D eigenvalue weighted by Crippen LogP contribution is 2.48. The SMILES string of the molecule is CCc1c(F)ccc2cc(O)cc(-c3ncc4c(N5CCC[C@]6(CCO6)C5)nc(OCC5(CN6CC(F)(F)C6)CC5)nc4c3F)c12. The first-order valence-electron chi connectivity index (χ1n) is 16.0. The maximum Gasteiger partial charge on any atom is 0.319 e. The van der Waals surface area contributed by atoms with Crippen LogP contribution < -0.4 is 9.64 Å². The van der Waals surface area contributed by atoms with Gasteiger partial charge in [-0.2, -0.15) is 9.97 Å². The number of anilines is 1. The molecule has 8 rings (SSSR count). The predicted molar refractivity (Wildman–Crippen MR) is 165 cm³/mol. The minimum atomic E-state index is -2.64. The monoisotopic (exact) mass is 637 g/mol. The molecule has 1 aliphatic carbocycles. The number of ether oxygens (including phenoxy) is 2. The summed E-state index contributed by atoms with van der Waals surface area (Å²) in [5.74, 6) is -3.41. The van der Waals surface area contributed by atoms with Crippen molar-refractivity contribution in [2.45, 2.75) is 57.0 Å². The second-order valence-corrected chi connectivity index (χ2v) is 13.6. The molecule has 0 radical (unpaired) electrons. The minimum Gasteiger partial charge on any atom is -0.508 e. The number of rotatable bonds is 8. The first-order chi connectivity index (χ1) is 22.1. The Balaban J connectivity index is 1.21. The third-order valence-electron chi connectivity index (χ3n) is 10.1. The van der Waals surface area contributed by atoms with Gasteiger partial charge in [0.1, 0.15) is 28.6 Å². The van der Waals surface area contributed by atoms with Crippen molar-refractivity contribution >= 4 is 27.5 Å². The average Bonchev–Trinajstić information content (AvgIpc) is 3.77. The Labute approximate surface area is 263 Å². The normalized spacial score (nSPS) is 23.5. The first-order valence-corrected chi connectivity index (χ1v) is 16.0. The van der Waals surface area contributed by atoms with Crippen LogP contribution in [0.25, 0.3) is 32.9 Å². The molecule has 2 aromatic carbocycles. The number of halogens is 4. The molecule has 2 aromatic heterocycles. The molecule has 0 unspecified atom stereocenters. The number of aryl methyl sites for hydroxylation is 1. The van der Waals surface area contributed by atoms with E-state index in [4.69, 9.17) is 14.5 Å². The maximum absolute atomic E-state index is 16.8. The van der Waals surface area contributed by atoms with E-state index in [0.717, 1.165) is 32.1 Å². The van der Waals surface area contributed by atoms with Crippen LogP contribution in [0.4, 0.5) is 23.4 Å². The highest BCUT2D eigenvalue weighted by Gasteiger charge is 2.51. The summed E-state index contributed by atoms with van der Waals surface area (Å²) in [5, 5.41) is 12.0. The average molecular weight is 638 g/mol. The van der Waals surface area contributed by atoms with Gasteiger partial charge in [-0.3, -0.25) is 9.88 Å². The number of hydrogen-bond donors (Lipinski definition) is 1. The number of phenolic OH excluding ortho intramolecular Hbond substituents is 1. The Morgan fingerprint density at radius 2 is 1.85 bits per heavy atom. The summed E-state index contributed by atoms with van der Waals surface area (Å²) in [7, 11) is 0. The highest BCUT2D eigenvalue weighted by atomic mass is 19.3. The van der Waals surface area contributed by atoms with Crippen LogP contribution in [0.5, 0.6) is 11.8 Å². The smallest absolute Gasteiger partial charge is 0.319 e. The van der Waals surface area contributed by atoms with Crippen LogP contribution in [-0.4, -0.2) is 82.4 Å². The fourth-order valence-corrected chi connectivity index (χ4v) is 7.48. The topological polar surface area (TPSA) is 83.8 Å². The number of piperidine rings is 1. The van der Waals surface area contributed by atoms with E-state index in [-0.39, 0.29) is 59.2 Å². The summed E-state index contributed by atoms with van der Waals surface area (Å²) in [6, 6.07) is 5.81. The number of fused-ring (bicyclic) bond motifs is 2. The largest absolute Gasteiger partial charge is 0.508 e. The van der Waals surface area contributed by atoms with E-state index in [0.29, 0.717) is 60.2 Å².